The van der Waals surface area contributed by atoms with Crippen LogP contribution in [0.5, 0.6) is 0 Å². The van der Waals surface area contributed by atoms with E-state index in [1.54, 1.807) is 25.1 Å². The Kier molecular flexibility index (Phi) is 5.39. The number of anilines is 1. The van der Waals surface area contributed by atoms with Crippen LogP contribution in [-0.4, -0.2) is 55.2 Å². The zero-order chi connectivity index (χ0) is 17.1. The van der Waals surface area contributed by atoms with E-state index in [1.165, 1.54) is 25.7 Å². The number of ether oxygens (including phenoxy) is 1. The molecule has 1 saturated heterocycles. The second-order valence-electron chi connectivity index (χ2n) is 7.26. The zero-order valence-corrected chi connectivity index (χ0v) is 15.1. The van der Waals surface area contributed by atoms with Gasteiger partial charge < -0.3 is 14.5 Å². The van der Waals surface area contributed by atoms with Crippen molar-refractivity contribution in [3.8, 4) is 0 Å². The Labute approximate surface area is 145 Å². The second kappa shape index (κ2) is 7.51. The first-order chi connectivity index (χ1) is 11.6. The average molecular weight is 331 g/mol. The Bertz CT molecular complexity index is 571. The van der Waals surface area contributed by atoms with Crippen molar-refractivity contribution in [2.24, 2.45) is 5.92 Å². The molecule has 0 unspecified atom stereocenters. The summed E-state index contributed by atoms with van der Waals surface area (Å²) in [5.41, 5.74) is 0.511. The molecular weight excluding hydrogens is 302 g/mol. The largest absolute Gasteiger partial charge is 0.371 e. The number of carbonyl (C=O) groups is 1. The van der Waals surface area contributed by atoms with Gasteiger partial charge in [0, 0.05) is 27.2 Å². The fourth-order valence-electron chi connectivity index (χ4n) is 3.32. The van der Waals surface area contributed by atoms with Gasteiger partial charge in [-0.3, -0.25) is 4.79 Å². The van der Waals surface area contributed by atoms with Gasteiger partial charge in [0.05, 0.1) is 12.2 Å². The monoisotopic (exact) mass is 331 g/mol. The Morgan fingerprint density at radius 3 is 2.79 bits per heavy atom. The Morgan fingerprint density at radius 2 is 2.12 bits per heavy atom. The molecule has 3 rings (SSSR count). The van der Waals surface area contributed by atoms with E-state index in [9.17, 15) is 4.79 Å². The first-order valence-electron chi connectivity index (χ1n) is 9.17. The molecule has 1 aliphatic heterocycles. The molecule has 2 atom stereocenters. The minimum absolute atomic E-state index is 0.0496. The molecule has 0 aromatic carbocycles. The predicted molar refractivity (Wildman–Crippen MR) is 95.4 cm³/mol. The lowest BCUT2D eigenvalue weighted by molar-refractivity contribution is -0.0411. The third-order valence-corrected chi connectivity index (χ3v) is 4.90. The molecule has 0 bridgehead atoms. The van der Waals surface area contributed by atoms with Crippen molar-refractivity contribution in [2.45, 2.75) is 51.2 Å². The number of morpholine rings is 1. The normalized spacial score (nSPS) is 24.0. The van der Waals surface area contributed by atoms with Crippen molar-refractivity contribution in [1.82, 2.24) is 9.88 Å². The van der Waals surface area contributed by atoms with Crippen LogP contribution in [-0.2, 0) is 4.74 Å². The molecule has 1 aromatic rings. The number of aromatic nitrogens is 1. The van der Waals surface area contributed by atoms with Crippen LogP contribution in [0.15, 0.2) is 18.2 Å². The summed E-state index contributed by atoms with van der Waals surface area (Å²) in [6.45, 7) is 3.98. The summed E-state index contributed by atoms with van der Waals surface area (Å²) in [5, 5.41) is 0. The van der Waals surface area contributed by atoms with Crippen LogP contribution in [0.2, 0.25) is 0 Å². The summed E-state index contributed by atoms with van der Waals surface area (Å²) in [6, 6.07) is 5.74. The SMILES string of the molecule is CCCC[C@@H]1CN(c2cccc(C(=O)N(C)C)n2)C[C@H](C2CC2)O1. The molecule has 0 N–H and O–H groups in total. The van der Waals surface area contributed by atoms with Crippen molar-refractivity contribution in [1.29, 1.82) is 0 Å². The van der Waals surface area contributed by atoms with Gasteiger partial charge in [-0.25, -0.2) is 4.98 Å². The molecule has 1 saturated carbocycles. The first kappa shape index (κ1) is 17.2. The molecule has 0 spiro atoms. The van der Waals surface area contributed by atoms with E-state index in [4.69, 9.17) is 4.74 Å². The maximum Gasteiger partial charge on any atom is 0.272 e. The highest BCUT2D eigenvalue weighted by atomic mass is 16.5. The smallest absolute Gasteiger partial charge is 0.272 e. The lowest BCUT2D eigenvalue weighted by Gasteiger charge is -2.39. The quantitative estimate of drug-likeness (QED) is 0.804. The van der Waals surface area contributed by atoms with Crippen molar-refractivity contribution in [2.75, 3.05) is 32.1 Å². The van der Waals surface area contributed by atoms with Crippen LogP contribution < -0.4 is 4.90 Å². The number of unbranched alkanes of at least 4 members (excludes halogenated alkanes) is 1. The molecular formula is C19H29N3O2. The summed E-state index contributed by atoms with van der Waals surface area (Å²) in [5.74, 6) is 1.56. The van der Waals surface area contributed by atoms with Gasteiger partial charge in [0.1, 0.15) is 11.5 Å². The molecule has 2 fully saturated rings. The maximum absolute atomic E-state index is 12.2. The summed E-state index contributed by atoms with van der Waals surface area (Å²) < 4.78 is 6.34. The number of hydrogen-bond acceptors (Lipinski definition) is 4. The summed E-state index contributed by atoms with van der Waals surface area (Å²) in [4.78, 5) is 20.7. The van der Waals surface area contributed by atoms with E-state index in [2.05, 4.69) is 16.8 Å². The van der Waals surface area contributed by atoms with Crippen LogP contribution >= 0.6 is 0 Å². The summed E-state index contributed by atoms with van der Waals surface area (Å²) >= 11 is 0. The van der Waals surface area contributed by atoms with Gasteiger partial charge in [0.2, 0.25) is 0 Å². The molecule has 1 aromatic heterocycles. The van der Waals surface area contributed by atoms with Gasteiger partial charge in [-0.05, 0) is 37.3 Å². The fourth-order valence-corrected chi connectivity index (χ4v) is 3.32. The molecule has 0 radical (unpaired) electrons. The topological polar surface area (TPSA) is 45.7 Å². The lowest BCUT2D eigenvalue weighted by atomic mass is 10.1. The number of hydrogen-bond donors (Lipinski definition) is 0. The highest BCUT2D eigenvalue weighted by Gasteiger charge is 2.38. The fraction of sp³-hybridized carbons (Fsp3) is 0.684. The molecule has 1 amide bonds. The second-order valence-corrected chi connectivity index (χ2v) is 7.26. The van der Waals surface area contributed by atoms with Crippen molar-refractivity contribution in [3.05, 3.63) is 23.9 Å². The third kappa shape index (κ3) is 4.07. The Morgan fingerprint density at radius 1 is 1.33 bits per heavy atom. The van der Waals surface area contributed by atoms with E-state index < -0.39 is 0 Å². The minimum Gasteiger partial charge on any atom is -0.371 e. The third-order valence-electron chi connectivity index (χ3n) is 4.90. The van der Waals surface area contributed by atoms with Crippen molar-refractivity contribution < 1.29 is 9.53 Å². The van der Waals surface area contributed by atoms with Gasteiger partial charge in [0.25, 0.3) is 5.91 Å². The highest BCUT2D eigenvalue weighted by molar-refractivity contribution is 5.92. The molecule has 1 aliphatic carbocycles. The summed E-state index contributed by atoms with van der Waals surface area (Å²) in [6.07, 6.45) is 6.65. The highest BCUT2D eigenvalue weighted by Crippen LogP contribution is 2.38. The van der Waals surface area contributed by atoms with Crippen molar-refractivity contribution in [3.63, 3.8) is 0 Å². The average Bonchev–Trinajstić information content (AvgIpc) is 3.44. The van der Waals surface area contributed by atoms with Crippen LogP contribution in [0, 0.1) is 5.92 Å². The molecule has 2 heterocycles. The number of nitrogens with zero attached hydrogens (tertiary/aromatic N) is 3. The number of pyridine rings is 1. The zero-order valence-electron chi connectivity index (χ0n) is 15.1. The van der Waals surface area contributed by atoms with E-state index >= 15 is 0 Å². The van der Waals surface area contributed by atoms with Crippen LogP contribution in [0.25, 0.3) is 0 Å². The number of amides is 1. The Balaban J connectivity index is 1.76. The van der Waals surface area contributed by atoms with E-state index in [1.807, 2.05) is 12.1 Å². The van der Waals surface area contributed by atoms with E-state index in [0.29, 0.717) is 17.7 Å². The first-order valence-corrected chi connectivity index (χ1v) is 9.17. The van der Waals surface area contributed by atoms with Gasteiger partial charge in [0.15, 0.2) is 0 Å². The van der Waals surface area contributed by atoms with Gasteiger partial charge in [-0.15, -0.1) is 0 Å². The Hall–Kier alpha value is -1.62. The summed E-state index contributed by atoms with van der Waals surface area (Å²) in [7, 11) is 3.52. The molecule has 5 nitrogen and oxygen atoms in total. The lowest BCUT2D eigenvalue weighted by Crippen LogP contribution is -2.49. The van der Waals surface area contributed by atoms with E-state index in [0.717, 1.165) is 25.3 Å². The maximum atomic E-state index is 12.2. The molecule has 2 aliphatic rings. The van der Waals surface area contributed by atoms with Crippen LogP contribution in [0.1, 0.15) is 49.5 Å². The molecule has 132 valence electrons. The van der Waals surface area contributed by atoms with Crippen LogP contribution in [0.4, 0.5) is 5.82 Å². The van der Waals surface area contributed by atoms with Crippen molar-refractivity contribution >= 4 is 11.7 Å². The predicted octanol–water partition coefficient (Wildman–Crippen LogP) is 2.96. The van der Waals surface area contributed by atoms with Gasteiger partial charge >= 0.3 is 0 Å². The van der Waals surface area contributed by atoms with Gasteiger partial charge in [-0.2, -0.15) is 0 Å². The van der Waals surface area contributed by atoms with E-state index in [-0.39, 0.29) is 12.0 Å². The standard InChI is InChI=1S/C19H29N3O2/c1-4-5-7-15-12-22(13-17(24-15)14-10-11-14)18-9-6-8-16(20-18)19(23)21(2)3/h6,8-9,14-15,17H,4-5,7,10-13H2,1-3H3/t15-,17-/m1/s1. The molecule has 24 heavy (non-hydrogen) atoms. The molecule has 5 heteroatoms. The number of rotatable bonds is 6. The van der Waals surface area contributed by atoms with Gasteiger partial charge in [-0.1, -0.05) is 25.8 Å². The van der Waals surface area contributed by atoms with Crippen LogP contribution in [0.3, 0.4) is 0 Å². The number of carbonyl (C=O) groups excluding carboxylic acids is 1. The minimum atomic E-state index is -0.0496.